The predicted molar refractivity (Wildman–Crippen MR) is 96.6 cm³/mol. The summed E-state index contributed by atoms with van der Waals surface area (Å²) in [5.74, 6) is 0.324. The number of aromatic hydroxyl groups is 1. The third kappa shape index (κ3) is 5.19. The number of nitrogens with zero attached hydrogens (tertiary/aromatic N) is 2. The largest absolute Gasteiger partial charge is 0.504 e. The molecule has 8 heteroatoms. The van der Waals surface area contributed by atoms with Crippen molar-refractivity contribution in [3.05, 3.63) is 42.2 Å². The molecular weight excluding hydrogens is 343 g/mol. The van der Waals surface area contributed by atoms with Crippen molar-refractivity contribution in [1.29, 1.82) is 0 Å². The predicted octanol–water partition coefficient (Wildman–Crippen LogP) is 3.41. The zero-order chi connectivity index (χ0) is 18.4. The van der Waals surface area contributed by atoms with Crippen LogP contribution in [0.1, 0.15) is 25.3 Å². The molecule has 0 atom stereocenters. The first-order chi connectivity index (χ1) is 11.9. The summed E-state index contributed by atoms with van der Waals surface area (Å²) in [4.78, 5) is 24.4. The maximum Gasteiger partial charge on any atom is 0.345 e. The lowest BCUT2D eigenvalue weighted by Gasteiger charge is -2.26. The second kappa shape index (κ2) is 8.34. The lowest BCUT2D eigenvalue weighted by molar-refractivity contribution is 0.369. The molecule has 0 fully saturated rings. The summed E-state index contributed by atoms with van der Waals surface area (Å²) in [6.07, 6.45) is 5.10. The van der Waals surface area contributed by atoms with Crippen LogP contribution < -0.4 is 9.64 Å². The molecule has 2 rings (SSSR count). The van der Waals surface area contributed by atoms with Crippen molar-refractivity contribution >= 4 is 19.0 Å². The van der Waals surface area contributed by atoms with Crippen LogP contribution >= 0.6 is 7.60 Å². The Morgan fingerprint density at radius 2 is 2.04 bits per heavy atom. The molecule has 1 aromatic carbocycles. The molecule has 0 aliphatic heterocycles. The van der Waals surface area contributed by atoms with Gasteiger partial charge in [-0.3, -0.25) is 9.55 Å². The average molecular weight is 366 g/mol. The minimum absolute atomic E-state index is 0.0574. The molecule has 0 radical (unpaired) electrons. The van der Waals surface area contributed by atoms with Crippen molar-refractivity contribution in [2.24, 2.45) is 0 Å². The molecule has 0 amide bonds. The fourth-order valence-corrected chi connectivity index (χ4v) is 3.22. The van der Waals surface area contributed by atoms with E-state index in [-0.39, 0.29) is 11.5 Å². The number of unbranched alkanes of at least 4 members (excludes halogenated alkanes) is 1. The topological polar surface area (TPSA) is 103 Å². The van der Waals surface area contributed by atoms with Crippen LogP contribution in [0.4, 0.5) is 11.4 Å². The lowest BCUT2D eigenvalue weighted by Crippen LogP contribution is -2.19. The van der Waals surface area contributed by atoms with Crippen LogP contribution in [0.2, 0.25) is 0 Å². The summed E-state index contributed by atoms with van der Waals surface area (Å²) >= 11 is 0. The Bertz CT molecular complexity index is 748. The van der Waals surface area contributed by atoms with E-state index in [1.165, 1.54) is 18.2 Å². The van der Waals surface area contributed by atoms with E-state index in [4.69, 9.17) is 4.74 Å². The van der Waals surface area contributed by atoms with Crippen LogP contribution in [0.25, 0.3) is 0 Å². The Hall–Kier alpha value is -2.08. The molecule has 2 aromatic rings. The first-order valence-electron chi connectivity index (χ1n) is 7.97. The summed E-state index contributed by atoms with van der Waals surface area (Å²) in [5, 5.41) is 10.3. The molecule has 3 N–H and O–H groups in total. The van der Waals surface area contributed by atoms with Crippen LogP contribution in [0, 0.1) is 0 Å². The van der Waals surface area contributed by atoms with Crippen LogP contribution in [0.5, 0.6) is 11.5 Å². The second-order valence-electron chi connectivity index (χ2n) is 5.70. The zero-order valence-corrected chi connectivity index (χ0v) is 15.2. The van der Waals surface area contributed by atoms with E-state index in [0.717, 1.165) is 12.8 Å². The molecule has 0 unspecified atom stereocenters. The number of hydrogen-bond donors (Lipinski definition) is 3. The van der Waals surface area contributed by atoms with Crippen molar-refractivity contribution in [3.63, 3.8) is 0 Å². The highest BCUT2D eigenvalue weighted by molar-refractivity contribution is 7.51. The van der Waals surface area contributed by atoms with Gasteiger partial charge in [-0.15, -0.1) is 0 Å². The number of rotatable bonds is 8. The van der Waals surface area contributed by atoms with E-state index < -0.39 is 13.9 Å². The third-order valence-electron chi connectivity index (χ3n) is 3.75. The molecule has 0 spiro atoms. The Kier molecular flexibility index (Phi) is 6.42. The minimum Gasteiger partial charge on any atom is -0.504 e. The maximum absolute atomic E-state index is 11.6. The number of benzene rings is 1. The number of hydrogen-bond acceptors (Lipinski definition) is 5. The standard InChI is InChI=1S/C17H23N2O5P/c1-3-4-6-13-9-15(10-16(24-2)17(13)20)19(12-25(21,22)23)14-7-5-8-18-11-14/h5,7-11,20H,3-4,6,12H2,1-2H3,(H2,21,22,23). The highest BCUT2D eigenvalue weighted by Crippen LogP contribution is 2.43. The molecule has 136 valence electrons. The van der Waals surface area contributed by atoms with Gasteiger partial charge in [0, 0.05) is 18.0 Å². The smallest absolute Gasteiger partial charge is 0.345 e. The van der Waals surface area contributed by atoms with Gasteiger partial charge in [0.1, 0.15) is 6.29 Å². The summed E-state index contributed by atoms with van der Waals surface area (Å²) in [5.41, 5.74) is 1.74. The van der Waals surface area contributed by atoms with Gasteiger partial charge < -0.3 is 24.5 Å². The Balaban J connectivity index is 2.54. The second-order valence-corrected chi connectivity index (χ2v) is 7.32. The molecule has 0 saturated heterocycles. The number of anilines is 2. The molecule has 0 aliphatic rings. The van der Waals surface area contributed by atoms with Gasteiger partial charge in [0.05, 0.1) is 19.0 Å². The number of aryl methyl sites for hydroxylation is 1. The summed E-state index contributed by atoms with van der Waals surface area (Å²) in [7, 11) is -2.89. The van der Waals surface area contributed by atoms with Crippen molar-refractivity contribution < 1.29 is 24.2 Å². The number of ether oxygens (including phenoxy) is 1. The number of pyridine rings is 1. The number of aromatic nitrogens is 1. The van der Waals surface area contributed by atoms with E-state index in [1.54, 1.807) is 30.5 Å². The van der Waals surface area contributed by atoms with Crippen molar-refractivity contribution in [1.82, 2.24) is 4.98 Å². The highest BCUT2D eigenvalue weighted by Gasteiger charge is 2.23. The van der Waals surface area contributed by atoms with Crippen LogP contribution in [-0.2, 0) is 11.0 Å². The van der Waals surface area contributed by atoms with Gasteiger partial charge in [-0.05, 0) is 36.6 Å². The molecule has 0 bridgehead atoms. The Morgan fingerprint density at radius 3 is 2.60 bits per heavy atom. The van der Waals surface area contributed by atoms with Gasteiger partial charge >= 0.3 is 7.60 Å². The van der Waals surface area contributed by atoms with E-state index in [2.05, 4.69) is 4.98 Å². The first kappa shape index (κ1) is 19.2. The van der Waals surface area contributed by atoms with Gasteiger partial charge in [-0.1, -0.05) is 13.3 Å². The molecule has 0 aliphatic carbocycles. The number of methoxy groups -OCH3 is 1. The van der Waals surface area contributed by atoms with Gasteiger partial charge in [0.15, 0.2) is 11.5 Å². The maximum atomic E-state index is 11.6. The highest BCUT2D eigenvalue weighted by atomic mass is 31.2. The van der Waals surface area contributed by atoms with Crippen molar-refractivity contribution in [3.8, 4) is 11.5 Å². The van der Waals surface area contributed by atoms with Crippen molar-refractivity contribution in [2.45, 2.75) is 26.2 Å². The first-order valence-corrected chi connectivity index (χ1v) is 9.77. The monoisotopic (exact) mass is 366 g/mol. The van der Waals surface area contributed by atoms with E-state index in [1.807, 2.05) is 6.92 Å². The minimum atomic E-state index is -4.33. The number of phenols is 1. The van der Waals surface area contributed by atoms with Crippen LogP contribution in [-0.4, -0.2) is 33.3 Å². The summed E-state index contributed by atoms with van der Waals surface area (Å²) in [6.45, 7) is 2.05. The van der Waals surface area contributed by atoms with E-state index >= 15 is 0 Å². The van der Waals surface area contributed by atoms with Crippen LogP contribution in [0.15, 0.2) is 36.7 Å². The van der Waals surface area contributed by atoms with Gasteiger partial charge in [0.2, 0.25) is 0 Å². The molecule has 25 heavy (non-hydrogen) atoms. The Labute approximate surface area is 147 Å². The normalized spacial score (nSPS) is 11.4. The quantitative estimate of drug-likeness (QED) is 0.615. The fourth-order valence-electron chi connectivity index (χ4n) is 2.53. The molecule has 1 aromatic heterocycles. The van der Waals surface area contributed by atoms with E-state index in [9.17, 15) is 19.5 Å². The SMILES string of the molecule is CCCCc1cc(N(CP(=O)(O)O)c2cccnc2)cc(OC)c1O. The summed E-state index contributed by atoms with van der Waals surface area (Å²) in [6, 6.07) is 6.70. The Morgan fingerprint density at radius 1 is 1.28 bits per heavy atom. The molecular formula is C17H23N2O5P. The fraction of sp³-hybridized carbons (Fsp3) is 0.353. The number of phenolic OH excluding ortho intramolecular Hbond substituents is 1. The van der Waals surface area contributed by atoms with Crippen molar-refractivity contribution in [2.75, 3.05) is 18.3 Å². The average Bonchev–Trinajstić information content (AvgIpc) is 2.59. The van der Waals surface area contributed by atoms with Gasteiger partial charge in [-0.25, -0.2) is 0 Å². The lowest BCUT2D eigenvalue weighted by atomic mass is 10.1. The molecule has 0 saturated carbocycles. The van der Waals surface area contributed by atoms with Gasteiger partial charge in [-0.2, -0.15) is 0 Å². The van der Waals surface area contributed by atoms with Gasteiger partial charge in [0.25, 0.3) is 0 Å². The molecule has 1 heterocycles. The zero-order valence-electron chi connectivity index (χ0n) is 14.3. The summed E-state index contributed by atoms with van der Waals surface area (Å²) < 4.78 is 16.9. The molecule has 7 nitrogen and oxygen atoms in total. The van der Waals surface area contributed by atoms with Crippen LogP contribution in [0.3, 0.4) is 0 Å². The third-order valence-corrected chi connectivity index (χ3v) is 4.40. The van der Waals surface area contributed by atoms with E-state index in [0.29, 0.717) is 23.4 Å².